The molecule has 0 spiro atoms. The van der Waals surface area contributed by atoms with E-state index in [2.05, 4.69) is 14.9 Å². The molecular formula is C12H19IN4S. The fourth-order valence-electron chi connectivity index (χ4n) is 1.73. The Bertz CT molecular complexity index is 405. The van der Waals surface area contributed by atoms with Crippen molar-refractivity contribution in [2.45, 2.75) is 13.5 Å². The summed E-state index contributed by atoms with van der Waals surface area (Å²) in [5, 5.41) is 0. The van der Waals surface area contributed by atoms with Crippen molar-refractivity contribution in [1.82, 2.24) is 9.88 Å². The highest BCUT2D eigenvalue weighted by Crippen LogP contribution is 2.09. The zero-order chi connectivity index (χ0) is 12.1. The summed E-state index contributed by atoms with van der Waals surface area (Å²) < 4.78 is 0. The molecular weight excluding hydrogens is 359 g/mol. The lowest BCUT2D eigenvalue weighted by Crippen LogP contribution is -2.42. The first-order valence-corrected chi connectivity index (χ1v) is 6.96. The van der Waals surface area contributed by atoms with Gasteiger partial charge >= 0.3 is 0 Å². The molecule has 6 heteroatoms. The molecule has 1 aliphatic rings. The lowest BCUT2D eigenvalue weighted by Gasteiger charge is -2.27. The number of nitrogens with two attached hydrogens (primary N) is 1. The monoisotopic (exact) mass is 378 g/mol. The molecule has 0 aliphatic carbocycles. The molecule has 1 saturated heterocycles. The summed E-state index contributed by atoms with van der Waals surface area (Å²) in [5.41, 5.74) is 8.15. The van der Waals surface area contributed by atoms with Gasteiger partial charge in [0.15, 0.2) is 5.96 Å². The average molecular weight is 378 g/mol. The van der Waals surface area contributed by atoms with E-state index in [0.717, 1.165) is 30.3 Å². The van der Waals surface area contributed by atoms with E-state index in [4.69, 9.17) is 5.73 Å². The number of rotatable bonds is 2. The Kier molecular flexibility index (Phi) is 6.77. The maximum Gasteiger partial charge on any atom is 0.191 e. The normalized spacial score (nSPS) is 16.3. The molecule has 100 valence electrons. The first-order valence-electron chi connectivity index (χ1n) is 5.80. The van der Waals surface area contributed by atoms with Crippen LogP contribution in [0.2, 0.25) is 0 Å². The minimum atomic E-state index is 0. The molecule has 1 aliphatic heterocycles. The molecule has 2 heterocycles. The molecule has 0 saturated carbocycles. The van der Waals surface area contributed by atoms with Crippen LogP contribution in [0, 0.1) is 6.92 Å². The third-order valence-corrected chi connectivity index (χ3v) is 3.79. The zero-order valence-corrected chi connectivity index (χ0v) is 13.6. The molecule has 1 aromatic rings. The molecule has 0 radical (unpaired) electrons. The van der Waals surface area contributed by atoms with Crippen LogP contribution in [0.5, 0.6) is 0 Å². The number of hydrogen-bond donors (Lipinski definition) is 1. The number of thioether (sulfide) groups is 1. The van der Waals surface area contributed by atoms with Gasteiger partial charge in [0.2, 0.25) is 0 Å². The molecule has 1 fully saturated rings. The van der Waals surface area contributed by atoms with E-state index in [9.17, 15) is 0 Å². The van der Waals surface area contributed by atoms with Gasteiger partial charge in [0.25, 0.3) is 0 Å². The van der Waals surface area contributed by atoms with Gasteiger partial charge in [-0.25, -0.2) is 4.99 Å². The maximum atomic E-state index is 5.99. The van der Waals surface area contributed by atoms with Gasteiger partial charge in [-0.15, -0.1) is 24.0 Å². The second-order valence-electron chi connectivity index (χ2n) is 4.04. The summed E-state index contributed by atoms with van der Waals surface area (Å²) in [5.74, 6) is 2.92. The largest absolute Gasteiger partial charge is 0.370 e. The quantitative estimate of drug-likeness (QED) is 0.485. The minimum absolute atomic E-state index is 0. The van der Waals surface area contributed by atoms with Crippen LogP contribution < -0.4 is 5.73 Å². The molecule has 2 N–H and O–H groups in total. The van der Waals surface area contributed by atoms with Gasteiger partial charge in [-0.2, -0.15) is 11.8 Å². The summed E-state index contributed by atoms with van der Waals surface area (Å²) >= 11 is 1.97. The number of hydrogen-bond acceptors (Lipinski definition) is 3. The SMILES string of the molecule is Cc1cccnc1CN=C(N)N1CCSCC1.I. The van der Waals surface area contributed by atoms with E-state index in [1.807, 2.05) is 30.8 Å². The summed E-state index contributed by atoms with van der Waals surface area (Å²) in [7, 11) is 0. The van der Waals surface area contributed by atoms with Crippen molar-refractivity contribution in [2.24, 2.45) is 10.7 Å². The molecule has 18 heavy (non-hydrogen) atoms. The van der Waals surface area contributed by atoms with Crippen LogP contribution in [0.15, 0.2) is 23.3 Å². The van der Waals surface area contributed by atoms with Crippen LogP contribution in [0.1, 0.15) is 11.3 Å². The predicted octanol–water partition coefficient (Wildman–Crippen LogP) is 1.87. The average Bonchev–Trinajstić information content (AvgIpc) is 2.38. The standard InChI is InChI=1S/C12H18N4S.HI/c1-10-3-2-4-14-11(10)9-15-12(13)16-5-7-17-8-6-16;/h2-4H,5-9H2,1H3,(H2,13,15);1H. The molecule has 0 atom stereocenters. The highest BCUT2D eigenvalue weighted by atomic mass is 127. The molecule has 4 nitrogen and oxygen atoms in total. The third-order valence-electron chi connectivity index (χ3n) is 2.84. The highest BCUT2D eigenvalue weighted by Gasteiger charge is 2.12. The van der Waals surface area contributed by atoms with Crippen LogP contribution >= 0.6 is 35.7 Å². The van der Waals surface area contributed by atoms with Crippen LogP contribution in [0.3, 0.4) is 0 Å². The number of halogens is 1. The van der Waals surface area contributed by atoms with E-state index in [-0.39, 0.29) is 24.0 Å². The Hall–Kier alpha value is -0.500. The van der Waals surface area contributed by atoms with Gasteiger partial charge in [-0.05, 0) is 18.6 Å². The van der Waals surface area contributed by atoms with E-state index in [0.29, 0.717) is 12.5 Å². The van der Waals surface area contributed by atoms with Gasteiger partial charge in [0.05, 0.1) is 12.2 Å². The molecule has 1 aromatic heterocycles. The summed E-state index contributed by atoms with van der Waals surface area (Å²) in [6, 6.07) is 3.99. The second-order valence-corrected chi connectivity index (χ2v) is 5.27. The highest BCUT2D eigenvalue weighted by molar-refractivity contribution is 14.0. The number of aliphatic imine (C=N–C) groups is 1. The van der Waals surface area contributed by atoms with Crippen molar-refractivity contribution in [2.75, 3.05) is 24.6 Å². The molecule has 0 bridgehead atoms. The number of aryl methyl sites for hydroxylation is 1. The van der Waals surface area contributed by atoms with Gasteiger partial charge in [0, 0.05) is 30.8 Å². The van der Waals surface area contributed by atoms with Crippen LogP contribution in [0.4, 0.5) is 0 Å². The number of nitrogens with zero attached hydrogens (tertiary/aromatic N) is 3. The van der Waals surface area contributed by atoms with Crippen molar-refractivity contribution < 1.29 is 0 Å². The lowest BCUT2D eigenvalue weighted by molar-refractivity contribution is 0.455. The fraction of sp³-hybridized carbons (Fsp3) is 0.500. The topological polar surface area (TPSA) is 54.5 Å². The van der Waals surface area contributed by atoms with Gasteiger partial charge in [-0.3, -0.25) is 4.98 Å². The van der Waals surface area contributed by atoms with Gasteiger partial charge in [0.1, 0.15) is 0 Å². The van der Waals surface area contributed by atoms with Gasteiger partial charge in [-0.1, -0.05) is 6.07 Å². The lowest BCUT2D eigenvalue weighted by atomic mass is 10.2. The molecule has 0 aromatic carbocycles. The number of guanidine groups is 1. The summed E-state index contributed by atoms with van der Waals surface area (Å²) in [6.07, 6.45) is 1.80. The molecule has 2 rings (SSSR count). The van der Waals surface area contributed by atoms with Gasteiger partial charge < -0.3 is 10.6 Å². The van der Waals surface area contributed by atoms with E-state index in [1.165, 1.54) is 5.56 Å². The van der Waals surface area contributed by atoms with Crippen LogP contribution in [0.25, 0.3) is 0 Å². The molecule has 0 unspecified atom stereocenters. The van der Waals surface area contributed by atoms with E-state index < -0.39 is 0 Å². The Labute approximate surface area is 129 Å². The number of aromatic nitrogens is 1. The number of pyridine rings is 1. The predicted molar refractivity (Wildman–Crippen MR) is 88.6 cm³/mol. The zero-order valence-electron chi connectivity index (χ0n) is 10.5. The first kappa shape index (κ1) is 15.6. The van der Waals surface area contributed by atoms with Crippen molar-refractivity contribution in [3.63, 3.8) is 0 Å². The Morgan fingerprint density at radius 1 is 1.50 bits per heavy atom. The second kappa shape index (κ2) is 7.83. The summed E-state index contributed by atoms with van der Waals surface area (Å²) in [4.78, 5) is 10.9. The van der Waals surface area contributed by atoms with Crippen molar-refractivity contribution >= 4 is 41.7 Å². The van der Waals surface area contributed by atoms with Crippen molar-refractivity contribution in [3.8, 4) is 0 Å². The minimum Gasteiger partial charge on any atom is -0.370 e. The Morgan fingerprint density at radius 3 is 2.89 bits per heavy atom. The Balaban J connectivity index is 0.00000162. The Morgan fingerprint density at radius 2 is 2.22 bits per heavy atom. The van der Waals surface area contributed by atoms with Crippen LogP contribution in [-0.4, -0.2) is 40.4 Å². The van der Waals surface area contributed by atoms with Crippen LogP contribution in [-0.2, 0) is 6.54 Å². The van der Waals surface area contributed by atoms with E-state index in [1.54, 1.807) is 6.20 Å². The fourth-order valence-corrected chi connectivity index (χ4v) is 2.64. The van der Waals surface area contributed by atoms with E-state index >= 15 is 0 Å². The first-order chi connectivity index (χ1) is 8.27. The third kappa shape index (κ3) is 4.31. The molecule has 0 amide bonds. The van der Waals surface area contributed by atoms with Crippen molar-refractivity contribution in [1.29, 1.82) is 0 Å². The maximum absolute atomic E-state index is 5.99. The van der Waals surface area contributed by atoms with Crippen molar-refractivity contribution in [3.05, 3.63) is 29.6 Å². The summed E-state index contributed by atoms with van der Waals surface area (Å²) in [6.45, 7) is 4.62. The smallest absolute Gasteiger partial charge is 0.191 e.